The molecule has 0 heterocycles. The average Bonchev–Trinajstić information content (AvgIpc) is 2.71. The highest BCUT2D eigenvalue weighted by Crippen LogP contribution is 2.36. The normalized spacial score (nSPS) is 17.8. The number of fused-ring (bicyclic) bond motifs is 1. The van der Waals surface area contributed by atoms with Crippen molar-refractivity contribution >= 4 is 0 Å². The highest BCUT2D eigenvalue weighted by molar-refractivity contribution is 5.51. The SMILES string of the molecule is Cc1cc(=O)c(O)c(O)c2c1CC(C(C)NCc1ccccc1)CC2. The van der Waals surface area contributed by atoms with E-state index in [2.05, 4.69) is 24.4 Å². The lowest BCUT2D eigenvalue weighted by Crippen LogP contribution is -2.36. The van der Waals surface area contributed by atoms with Crippen molar-refractivity contribution in [2.24, 2.45) is 5.92 Å². The molecule has 0 aliphatic heterocycles. The molecule has 25 heavy (non-hydrogen) atoms. The van der Waals surface area contributed by atoms with Crippen LogP contribution >= 0.6 is 0 Å². The number of hydrogen-bond acceptors (Lipinski definition) is 4. The van der Waals surface area contributed by atoms with Gasteiger partial charge in [-0.25, -0.2) is 0 Å². The van der Waals surface area contributed by atoms with E-state index in [0.717, 1.165) is 36.1 Å². The van der Waals surface area contributed by atoms with Crippen LogP contribution in [0.2, 0.25) is 0 Å². The van der Waals surface area contributed by atoms with Gasteiger partial charge in [0.25, 0.3) is 0 Å². The molecular formula is C21H25NO3. The molecule has 3 N–H and O–H groups in total. The van der Waals surface area contributed by atoms with Gasteiger partial charge in [-0.1, -0.05) is 30.3 Å². The molecule has 0 fully saturated rings. The Balaban J connectivity index is 1.78. The van der Waals surface area contributed by atoms with Crippen LogP contribution in [0.15, 0.2) is 41.2 Å². The summed E-state index contributed by atoms with van der Waals surface area (Å²) >= 11 is 0. The van der Waals surface area contributed by atoms with Gasteiger partial charge in [-0.3, -0.25) is 4.79 Å². The minimum atomic E-state index is -0.530. The zero-order chi connectivity index (χ0) is 18.0. The van der Waals surface area contributed by atoms with E-state index in [1.165, 1.54) is 11.6 Å². The first-order valence-corrected chi connectivity index (χ1v) is 8.82. The van der Waals surface area contributed by atoms with Crippen molar-refractivity contribution in [3.8, 4) is 11.5 Å². The summed E-state index contributed by atoms with van der Waals surface area (Å²) in [6.07, 6.45) is 2.39. The highest BCUT2D eigenvalue weighted by Gasteiger charge is 2.27. The molecular weight excluding hydrogens is 314 g/mol. The lowest BCUT2D eigenvalue weighted by atomic mass is 9.79. The molecule has 1 aliphatic rings. The number of benzene rings is 1. The predicted molar refractivity (Wildman–Crippen MR) is 99.0 cm³/mol. The van der Waals surface area contributed by atoms with Gasteiger partial charge in [-0.05, 0) is 61.8 Å². The van der Waals surface area contributed by atoms with Crippen molar-refractivity contribution in [1.82, 2.24) is 5.32 Å². The molecule has 1 aliphatic carbocycles. The smallest absolute Gasteiger partial charge is 0.224 e. The molecule has 0 aromatic heterocycles. The molecule has 4 heteroatoms. The van der Waals surface area contributed by atoms with Crippen LogP contribution in [0, 0.1) is 12.8 Å². The first kappa shape index (κ1) is 17.5. The Kier molecular flexibility index (Phi) is 5.09. The summed E-state index contributed by atoms with van der Waals surface area (Å²) in [6, 6.07) is 12.1. The molecule has 2 aromatic rings. The van der Waals surface area contributed by atoms with Gasteiger partial charge in [0, 0.05) is 18.2 Å². The number of aryl methyl sites for hydroxylation is 1. The lowest BCUT2D eigenvalue weighted by molar-refractivity contribution is 0.330. The van der Waals surface area contributed by atoms with Gasteiger partial charge in [0.15, 0.2) is 5.75 Å². The fourth-order valence-corrected chi connectivity index (χ4v) is 3.71. The summed E-state index contributed by atoms with van der Waals surface area (Å²) in [5.41, 5.74) is 3.31. The number of hydrogen-bond donors (Lipinski definition) is 3. The fourth-order valence-electron chi connectivity index (χ4n) is 3.71. The van der Waals surface area contributed by atoms with E-state index in [0.29, 0.717) is 18.4 Å². The minimum Gasteiger partial charge on any atom is -0.504 e. The molecule has 0 amide bonds. The van der Waals surface area contributed by atoms with Gasteiger partial charge in [0.1, 0.15) is 0 Å². The number of rotatable bonds is 4. The quantitative estimate of drug-likeness (QED) is 0.801. The maximum absolute atomic E-state index is 11.9. The first-order chi connectivity index (χ1) is 12.0. The van der Waals surface area contributed by atoms with E-state index in [1.54, 1.807) is 0 Å². The Hall–Kier alpha value is -2.33. The second-order valence-electron chi connectivity index (χ2n) is 7.00. The fraction of sp³-hybridized carbons (Fsp3) is 0.381. The molecule has 2 atom stereocenters. The Morgan fingerprint density at radius 2 is 1.88 bits per heavy atom. The van der Waals surface area contributed by atoms with Crippen LogP contribution in [0.5, 0.6) is 11.5 Å². The third kappa shape index (κ3) is 3.69. The van der Waals surface area contributed by atoms with Crippen molar-refractivity contribution in [2.75, 3.05) is 0 Å². The van der Waals surface area contributed by atoms with Crippen LogP contribution in [0.25, 0.3) is 0 Å². The third-order valence-corrected chi connectivity index (χ3v) is 5.34. The van der Waals surface area contributed by atoms with Crippen molar-refractivity contribution in [1.29, 1.82) is 0 Å². The van der Waals surface area contributed by atoms with Crippen LogP contribution in [0.4, 0.5) is 0 Å². The standard InChI is InChI=1S/C21H25NO3/c1-13-10-19(23)21(25)20(24)17-9-8-16(11-18(13)17)14(2)22-12-15-6-4-3-5-7-15/h3-7,10,14,16,22H,8-9,11-12H2,1-2H3,(H2,23,24,25). The Morgan fingerprint density at radius 3 is 2.60 bits per heavy atom. The van der Waals surface area contributed by atoms with Gasteiger partial charge < -0.3 is 15.5 Å². The molecule has 0 saturated carbocycles. The van der Waals surface area contributed by atoms with E-state index >= 15 is 0 Å². The molecule has 0 saturated heterocycles. The van der Waals surface area contributed by atoms with Crippen LogP contribution in [0.3, 0.4) is 0 Å². The van der Waals surface area contributed by atoms with E-state index in [4.69, 9.17) is 0 Å². The highest BCUT2D eigenvalue weighted by atomic mass is 16.3. The molecule has 132 valence electrons. The molecule has 0 bridgehead atoms. The van der Waals surface area contributed by atoms with Crippen molar-refractivity contribution < 1.29 is 10.2 Å². The van der Waals surface area contributed by atoms with E-state index in [1.807, 2.05) is 25.1 Å². The average molecular weight is 339 g/mol. The zero-order valence-electron chi connectivity index (χ0n) is 14.7. The van der Waals surface area contributed by atoms with Gasteiger partial charge in [-0.15, -0.1) is 0 Å². The molecule has 0 radical (unpaired) electrons. The van der Waals surface area contributed by atoms with Crippen LogP contribution in [-0.2, 0) is 19.4 Å². The van der Waals surface area contributed by atoms with Crippen LogP contribution in [0.1, 0.15) is 35.6 Å². The molecule has 0 spiro atoms. The Morgan fingerprint density at radius 1 is 1.16 bits per heavy atom. The molecule has 4 nitrogen and oxygen atoms in total. The molecule has 3 rings (SSSR count). The van der Waals surface area contributed by atoms with Crippen LogP contribution < -0.4 is 10.7 Å². The zero-order valence-corrected chi connectivity index (χ0v) is 14.7. The van der Waals surface area contributed by atoms with Gasteiger partial charge in [-0.2, -0.15) is 0 Å². The lowest BCUT2D eigenvalue weighted by Gasteiger charge is -2.30. The van der Waals surface area contributed by atoms with Crippen molar-refractivity contribution in [3.63, 3.8) is 0 Å². The van der Waals surface area contributed by atoms with E-state index in [9.17, 15) is 15.0 Å². The largest absolute Gasteiger partial charge is 0.504 e. The molecule has 2 aromatic carbocycles. The maximum atomic E-state index is 11.9. The summed E-state index contributed by atoms with van der Waals surface area (Å²) in [4.78, 5) is 11.9. The monoisotopic (exact) mass is 339 g/mol. The predicted octanol–water partition coefficient (Wildman–Crippen LogP) is 3.05. The van der Waals surface area contributed by atoms with Crippen LogP contribution in [-0.4, -0.2) is 16.3 Å². The van der Waals surface area contributed by atoms with E-state index < -0.39 is 11.2 Å². The summed E-state index contributed by atoms with van der Waals surface area (Å²) in [6.45, 7) is 4.89. The third-order valence-electron chi connectivity index (χ3n) is 5.34. The number of aromatic hydroxyl groups is 2. The number of nitrogens with one attached hydrogen (secondary N) is 1. The van der Waals surface area contributed by atoms with E-state index in [-0.39, 0.29) is 5.75 Å². The minimum absolute atomic E-state index is 0.239. The van der Waals surface area contributed by atoms with Gasteiger partial charge in [0.2, 0.25) is 11.2 Å². The summed E-state index contributed by atoms with van der Waals surface area (Å²) < 4.78 is 0. The van der Waals surface area contributed by atoms with Gasteiger partial charge >= 0.3 is 0 Å². The second kappa shape index (κ2) is 7.28. The Labute approximate surface area is 148 Å². The second-order valence-corrected chi connectivity index (χ2v) is 7.00. The summed E-state index contributed by atoms with van der Waals surface area (Å²) in [7, 11) is 0. The Bertz CT molecular complexity index is 817. The first-order valence-electron chi connectivity index (χ1n) is 8.82. The maximum Gasteiger partial charge on any atom is 0.224 e. The van der Waals surface area contributed by atoms with Gasteiger partial charge in [0.05, 0.1) is 0 Å². The van der Waals surface area contributed by atoms with Crippen molar-refractivity contribution in [2.45, 2.75) is 45.7 Å². The summed E-state index contributed by atoms with van der Waals surface area (Å²) in [5, 5.41) is 23.7. The summed E-state index contributed by atoms with van der Waals surface area (Å²) in [5.74, 6) is -0.344. The topological polar surface area (TPSA) is 69.6 Å². The van der Waals surface area contributed by atoms with Crippen molar-refractivity contribution in [3.05, 3.63) is 68.9 Å². The molecule has 2 unspecified atom stereocenters.